The molecule has 1 saturated carbocycles. The van der Waals surface area contributed by atoms with E-state index in [4.69, 9.17) is 5.73 Å². The number of likely N-dealkylation sites (tertiary alicyclic amines) is 1. The average Bonchev–Trinajstić information content (AvgIpc) is 3.13. The van der Waals surface area contributed by atoms with E-state index >= 15 is 0 Å². The second-order valence-electron chi connectivity index (χ2n) is 5.44. The number of hydrogen-bond acceptors (Lipinski definition) is 2. The minimum absolute atomic E-state index is 0.122. The first-order chi connectivity index (χ1) is 7.70. The van der Waals surface area contributed by atoms with Crippen molar-refractivity contribution in [3.05, 3.63) is 0 Å². The zero-order valence-corrected chi connectivity index (χ0v) is 10.3. The van der Waals surface area contributed by atoms with Crippen LogP contribution in [0.4, 0.5) is 0 Å². The Morgan fingerprint density at radius 2 is 1.94 bits per heavy atom. The number of carbonyl (C=O) groups excluding carboxylic acids is 1. The first-order valence-electron chi connectivity index (χ1n) is 6.74. The molecule has 1 saturated heterocycles. The highest BCUT2D eigenvalue weighted by molar-refractivity contribution is 5.77. The Labute approximate surface area is 98.4 Å². The lowest BCUT2D eigenvalue weighted by molar-refractivity contribution is -0.133. The number of amides is 1. The molecule has 0 radical (unpaired) electrons. The highest BCUT2D eigenvalue weighted by atomic mass is 16.2. The fourth-order valence-electron chi connectivity index (χ4n) is 2.61. The van der Waals surface area contributed by atoms with Gasteiger partial charge in [-0.1, -0.05) is 13.3 Å². The third-order valence-electron chi connectivity index (χ3n) is 4.18. The van der Waals surface area contributed by atoms with Crippen LogP contribution in [0.3, 0.4) is 0 Å². The monoisotopic (exact) mass is 224 g/mol. The van der Waals surface area contributed by atoms with Crippen molar-refractivity contribution in [2.45, 2.75) is 51.5 Å². The smallest absolute Gasteiger partial charge is 0.224 e. The minimum atomic E-state index is 0.122. The predicted octanol–water partition coefficient (Wildman–Crippen LogP) is 1.76. The summed E-state index contributed by atoms with van der Waals surface area (Å²) in [5.74, 6) is 1.76. The number of carbonyl (C=O) groups is 1. The van der Waals surface area contributed by atoms with Gasteiger partial charge in [-0.25, -0.2) is 0 Å². The summed E-state index contributed by atoms with van der Waals surface area (Å²) in [7, 11) is 0. The van der Waals surface area contributed by atoms with Crippen LogP contribution in [-0.2, 0) is 4.79 Å². The molecule has 0 bridgehead atoms. The lowest BCUT2D eigenvalue weighted by Gasteiger charge is -2.32. The number of nitrogens with zero attached hydrogens (tertiary/aromatic N) is 1. The molecule has 2 aliphatic rings. The number of piperidine rings is 1. The second kappa shape index (κ2) is 5.17. The summed E-state index contributed by atoms with van der Waals surface area (Å²) in [6.45, 7) is 4.15. The van der Waals surface area contributed by atoms with Crippen molar-refractivity contribution < 1.29 is 4.79 Å². The molecule has 0 spiro atoms. The molecule has 1 unspecified atom stereocenters. The Morgan fingerprint density at radius 3 is 2.44 bits per heavy atom. The molecule has 2 rings (SSSR count). The zero-order valence-electron chi connectivity index (χ0n) is 10.3. The lowest BCUT2D eigenvalue weighted by Crippen LogP contribution is -2.41. The van der Waals surface area contributed by atoms with Crippen LogP contribution in [0, 0.1) is 11.8 Å². The van der Waals surface area contributed by atoms with Crippen molar-refractivity contribution >= 4 is 5.91 Å². The van der Waals surface area contributed by atoms with Crippen molar-refractivity contribution in [2.24, 2.45) is 17.6 Å². The number of hydrogen-bond donors (Lipinski definition) is 1. The Morgan fingerprint density at radius 1 is 1.31 bits per heavy atom. The van der Waals surface area contributed by atoms with E-state index in [1.54, 1.807) is 0 Å². The van der Waals surface area contributed by atoms with Crippen LogP contribution in [-0.4, -0.2) is 29.9 Å². The summed E-state index contributed by atoms with van der Waals surface area (Å²) in [6.07, 6.45) is 6.64. The molecule has 0 aromatic rings. The highest BCUT2D eigenvalue weighted by Gasteiger charge is 2.31. The maximum Gasteiger partial charge on any atom is 0.224 e. The van der Waals surface area contributed by atoms with Crippen LogP contribution in [0.1, 0.15) is 45.4 Å². The molecule has 1 aliphatic heterocycles. The molecule has 16 heavy (non-hydrogen) atoms. The van der Waals surface area contributed by atoms with Gasteiger partial charge in [-0.15, -0.1) is 0 Å². The average molecular weight is 224 g/mol. The first kappa shape index (κ1) is 11.9. The third kappa shape index (κ3) is 2.97. The molecule has 1 aliphatic carbocycles. The Balaban J connectivity index is 1.73. The molecule has 3 heteroatoms. The van der Waals surface area contributed by atoms with Gasteiger partial charge in [0.25, 0.3) is 0 Å². The largest absolute Gasteiger partial charge is 0.343 e. The van der Waals surface area contributed by atoms with Gasteiger partial charge in [0.1, 0.15) is 0 Å². The standard InChI is InChI=1S/C13H24N2O/c1-2-10-5-7-15(8-6-10)13(16)9-12(14)11-3-4-11/h10-12H,2-9,14H2,1H3. The maximum atomic E-state index is 12.0. The predicted molar refractivity (Wildman–Crippen MR) is 64.9 cm³/mol. The zero-order chi connectivity index (χ0) is 11.5. The molecular weight excluding hydrogens is 200 g/mol. The van der Waals surface area contributed by atoms with E-state index in [9.17, 15) is 4.79 Å². The fourth-order valence-corrected chi connectivity index (χ4v) is 2.61. The van der Waals surface area contributed by atoms with Crippen LogP contribution in [0.2, 0.25) is 0 Å². The van der Waals surface area contributed by atoms with E-state index in [-0.39, 0.29) is 11.9 Å². The Bertz CT molecular complexity index is 242. The van der Waals surface area contributed by atoms with E-state index in [0.717, 1.165) is 19.0 Å². The third-order valence-corrected chi connectivity index (χ3v) is 4.18. The summed E-state index contributed by atoms with van der Waals surface area (Å²) in [4.78, 5) is 14.0. The van der Waals surface area contributed by atoms with Gasteiger partial charge in [0, 0.05) is 25.6 Å². The van der Waals surface area contributed by atoms with Crippen LogP contribution < -0.4 is 5.73 Å². The summed E-state index contributed by atoms with van der Waals surface area (Å²) in [5.41, 5.74) is 5.99. The van der Waals surface area contributed by atoms with E-state index in [1.165, 1.54) is 32.1 Å². The molecule has 3 nitrogen and oxygen atoms in total. The van der Waals surface area contributed by atoms with Crippen molar-refractivity contribution in [3.8, 4) is 0 Å². The van der Waals surface area contributed by atoms with Gasteiger partial charge in [0.2, 0.25) is 5.91 Å². The highest BCUT2D eigenvalue weighted by Crippen LogP contribution is 2.33. The van der Waals surface area contributed by atoms with Crippen LogP contribution in [0.25, 0.3) is 0 Å². The van der Waals surface area contributed by atoms with Gasteiger partial charge in [0.15, 0.2) is 0 Å². The summed E-state index contributed by atoms with van der Waals surface area (Å²) >= 11 is 0. The molecule has 2 N–H and O–H groups in total. The van der Waals surface area contributed by atoms with E-state index < -0.39 is 0 Å². The number of nitrogens with two attached hydrogens (primary N) is 1. The summed E-state index contributed by atoms with van der Waals surface area (Å²) < 4.78 is 0. The first-order valence-corrected chi connectivity index (χ1v) is 6.74. The van der Waals surface area contributed by atoms with Gasteiger partial charge in [-0.05, 0) is 37.5 Å². The van der Waals surface area contributed by atoms with Crippen LogP contribution >= 0.6 is 0 Å². The van der Waals surface area contributed by atoms with E-state index in [0.29, 0.717) is 12.3 Å². The Hall–Kier alpha value is -0.570. The Kier molecular flexibility index (Phi) is 3.85. The number of rotatable bonds is 4. The van der Waals surface area contributed by atoms with Crippen LogP contribution in [0.15, 0.2) is 0 Å². The molecule has 92 valence electrons. The van der Waals surface area contributed by atoms with Gasteiger partial charge in [-0.3, -0.25) is 4.79 Å². The van der Waals surface area contributed by atoms with Crippen molar-refractivity contribution in [3.63, 3.8) is 0 Å². The molecule has 1 amide bonds. The maximum absolute atomic E-state index is 12.0. The van der Waals surface area contributed by atoms with Gasteiger partial charge >= 0.3 is 0 Å². The summed E-state index contributed by atoms with van der Waals surface area (Å²) in [5, 5.41) is 0. The summed E-state index contributed by atoms with van der Waals surface area (Å²) in [6, 6.07) is 0.122. The normalized spacial score (nSPS) is 24.5. The van der Waals surface area contributed by atoms with Gasteiger partial charge in [0.05, 0.1) is 0 Å². The van der Waals surface area contributed by atoms with Crippen molar-refractivity contribution in [2.75, 3.05) is 13.1 Å². The second-order valence-corrected chi connectivity index (χ2v) is 5.44. The molecule has 1 atom stereocenters. The molecule has 0 aromatic carbocycles. The lowest BCUT2D eigenvalue weighted by atomic mass is 9.94. The SMILES string of the molecule is CCC1CCN(C(=O)CC(N)C2CC2)CC1. The van der Waals surface area contributed by atoms with Gasteiger partial charge < -0.3 is 10.6 Å². The molecular formula is C13H24N2O. The van der Waals surface area contributed by atoms with E-state index in [1.807, 2.05) is 4.90 Å². The molecule has 1 heterocycles. The quantitative estimate of drug-likeness (QED) is 0.791. The van der Waals surface area contributed by atoms with Crippen LogP contribution in [0.5, 0.6) is 0 Å². The van der Waals surface area contributed by atoms with Crippen molar-refractivity contribution in [1.29, 1.82) is 0 Å². The van der Waals surface area contributed by atoms with Crippen molar-refractivity contribution in [1.82, 2.24) is 4.90 Å². The molecule has 2 fully saturated rings. The molecule has 0 aromatic heterocycles. The van der Waals surface area contributed by atoms with E-state index in [2.05, 4.69) is 6.92 Å². The minimum Gasteiger partial charge on any atom is -0.343 e. The van der Waals surface area contributed by atoms with Gasteiger partial charge in [-0.2, -0.15) is 0 Å². The fraction of sp³-hybridized carbons (Fsp3) is 0.923. The topological polar surface area (TPSA) is 46.3 Å².